The lowest BCUT2D eigenvalue weighted by Crippen LogP contribution is -2.23. The molecule has 236 valence electrons. The summed E-state index contributed by atoms with van der Waals surface area (Å²) in [4.78, 5) is 13.9. The first kappa shape index (κ1) is 38.2. The van der Waals surface area contributed by atoms with Gasteiger partial charge < -0.3 is 14.4 Å². The van der Waals surface area contributed by atoms with E-state index in [9.17, 15) is 13.8 Å². The maximum atomic E-state index is 14.9. The first-order chi connectivity index (χ1) is 19.5. The Bertz CT molecular complexity index is 1350. The number of hydrogen-bond acceptors (Lipinski definition) is 8. The lowest BCUT2D eigenvalue weighted by Gasteiger charge is -2.33. The van der Waals surface area contributed by atoms with Gasteiger partial charge in [0.1, 0.15) is 25.6 Å². The zero-order chi connectivity index (χ0) is 32.6. The van der Waals surface area contributed by atoms with E-state index in [1.165, 1.54) is 0 Å². The van der Waals surface area contributed by atoms with Gasteiger partial charge in [-0.05, 0) is 54.4 Å². The number of H-pyrrole nitrogens is 1. The molecule has 13 heteroatoms. The van der Waals surface area contributed by atoms with Crippen molar-refractivity contribution in [2.75, 3.05) is 6.79 Å². The maximum absolute atomic E-state index is 14.9. The van der Waals surface area contributed by atoms with Crippen LogP contribution in [0.4, 0.5) is 4.39 Å². The first-order valence-corrected chi connectivity index (χ1v) is 16.1. The third kappa shape index (κ3) is 9.59. The molecule has 1 fully saturated rings. The number of aliphatic hydroxyl groups excluding tert-OH is 1. The predicted octanol–water partition coefficient (Wildman–Crippen LogP) is 7.47. The molecule has 42 heavy (non-hydrogen) atoms. The highest BCUT2D eigenvalue weighted by Gasteiger charge is 2.40. The molecule has 2 radical (unpaired) electrons. The van der Waals surface area contributed by atoms with E-state index in [1.807, 2.05) is 69.2 Å². The molecule has 9 nitrogen and oxygen atoms in total. The van der Waals surface area contributed by atoms with E-state index in [0.29, 0.717) is 15.9 Å². The smallest absolute Gasteiger partial charge is 0.403 e. The van der Waals surface area contributed by atoms with E-state index >= 15 is 0 Å². The molecule has 3 atom stereocenters. The van der Waals surface area contributed by atoms with E-state index in [0.717, 1.165) is 18.4 Å². The second-order valence-corrected chi connectivity index (χ2v) is 13.3. The topological polar surface area (TPSA) is 112 Å². The molecule has 0 amide bonds. The minimum Gasteiger partial charge on any atom is -0.403 e. The van der Waals surface area contributed by atoms with Gasteiger partial charge in [-0.15, -0.1) is 0 Å². The van der Waals surface area contributed by atoms with E-state index in [1.54, 1.807) is 23.8 Å². The minimum absolute atomic E-state index is 0.150. The molecule has 0 spiro atoms. The highest BCUT2D eigenvalue weighted by atomic mass is 32.1. The summed E-state index contributed by atoms with van der Waals surface area (Å²) in [6, 6.07) is 1.52. The zero-order valence-electron chi connectivity index (χ0n) is 26.8. The SMILES string of the molecule is CC.CC.CC(C)(C)c1cc(C(C)(C)C)c2c(c1F)COP(=O)(OCO)O2.[B][C@@H]1CCC(n2cc(C)c(=O)[nH]c2=S)O1. The van der Waals surface area contributed by atoms with Gasteiger partial charge in [0.05, 0.1) is 12.2 Å². The number of hydrogen-bond donors (Lipinski definition) is 2. The number of aliphatic hydroxyl groups is 1. The van der Waals surface area contributed by atoms with Gasteiger partial charge in [0.25, 0.3) is 5.56 Å². The molecule has 0 aliphatic carbocycles. The second-order valence-electron chi connectivity index (χ2n) is 11.3. The van der Waals surface area contributed by atoms with Crippen LogP contribution in [-0.2, 0) is 35.8 Å². The van der Waals surface area contributed by atoms with Gasteiger partial charge in [-0.1, -0.05) is 69.2 Å². The monoisotopic (exact) mass is 628 g/mol. The Morgan fingerprint density at radius 3 is 2.19 bits per heavy atom. The van der Waals surface area contributed by atoms with Gasteiger partial charge in [-0.2, -0.15) is 0 Å². The normalized spacial score (nSPS) is 21.4. The molecule has 2 N–H and O–H groups in total. The number of nitrogens with one attached hydrogen (secondary N) is 1. The van der Waals surface area contributed by atoms with Crippen LogP contribution in [-0.4, -0.2) is 35.3 Å². The number of phosphoric acid groups is 1. The summed E-state index contributed by atoms with van der Waals surface area (Å²) in [6.07, 6.45) is 3.19. The average molecular weight is 629 g/mol. The number of aryl methyl sites for hydroxylation is 1. The fraction of sp³-hybridized carbons (Fsp3) is 0.655. The summed E-state index contributed by atoms with van der Waals surface area (Å²) in [5.41, 5.74) is 1.21. The summed E-state index contributed by atoms with van der Waals surface area (Å²) in [6.45, 7) is 20.4. The van der Waals surface area contributed by atoms with Crippen LogP contribution < -0.4 is 10.1 Å². The quantitative estimate of drug-likeness (QED) is 0.156. The van der Waals surface area contributed by atoms with Crippen molar-refractivity contribution in [3.63, 3.8) is 0 Å². The minimum atomic E-state index is -3.93. The van der Waals surface area contributed by atoms with Gasteiger partial charge in [-0.25, -0.2) is 13.5 Å². The fourth-order valence-corrected chi connectivity index (χ4v) is 5.40. The molecule has 1 saturated heterocycles. The predicted molar refractivity (Wildman–Crippen MR) is 167 cm³/mol. The van der Waals surface area contributed by atoms with Crippen molar-refractivity contribution in [1.82, 2.24) is 9.55 Å². The molecule has 0 saturated carbocycles. The molecule has 2 unspecified atom stereocenters. The van der Waals surface area contributed by atoms with E-state index < -0.39 is 25.8 Å². The van der Waals surface area contributed by atoms with Crippen molar-refractivity contribution < 1.29 is 32.4 Å². The Morgan fingerprint density at radius 1 is 1.14 bits per heavy atom. The first-order valence-electron chi connectivity index (χ1n) is 14.3. The van der Waals surface area contributed by atoms with Crippen molar-refractivity contribution >= 4 is 27.9 Å². The molecular weight excluding hydrogens is 581 g/mol. The number of aromatic amines is 1. The number of ether oxygens (including phenoxy) is 1. The Balaban J connectivity index is 0.000000400. The molecule has 2 aliphatic rings. The van der Waals surface area contributed by atoms with Crippen molar-refractivity contribution in [3.05, 3.63) is 55.5 Å². The molecule has 2 aromatic rings. The van der Waals surface area contributed by atoms with Crippen LogP contribution in [0.1, 0.15) is 111 Å². The molecule has 1 aromatic carbocycles. The van der Waals surface area contributed by atoms with Gasteiger partial charge in [0.2, 0.25) is 0 Å². The Labute approximate surface area is 256 Å². The highest BCUT2D eigenvalue weighted by molar-refractivity contribution is 7.71. The third-order valence-electron chi connectivity index (χ3n) is 6.20. The molecule has 2 aliphatic heterocycles. The van der Waals surface area contributed by atoms with Crippen molar-refractivity contribution in [1.29, 1.82) is 0 Å². The van der Waals surface area contributed by atoms with Gasteiger partial charge in [0, 0.05) is 23.3 Å². The van der Waals surface area contributed by atoms with Crippen LogP contribution >= 0.6 is 20.0 Å². The van der Waals surface area contributed by atoms with Crippen LogP contribution in [0, 0.1) is 17.5 Å². The van der Waals surface area contributed by atoms with Crippen LogP contribution in [0.2, 0.25) is 0 Å². The summed E-state index contributed by atoms with van der Waals surface area (Å²) in [5, 5.41) is 8.84. The van der Waals surface area contributed by atoms with Crippen molar-refractivity contribution in [3.8, 4) is 5.75 Å². The van der Waals surface area contributed by atoms with Crippen LogP contribution in [0.15, 0.2) is 17.1 Å². The molecule has 3 heterocycles. The third-order valence-corrected chi connectivity index (χ3v) is 7.79. The number of nitrogens with zero attached hydrogens (tertiary/aromatic N) is 1. The Kier molecular flexibility index (Phi) is 14.4. The zero-order valence-corrected chi connectivity index (χ0v) is 28.5. The molecular formula is C29H47BFN2O7PS. The average Bonchev–Trinajstić information content (AvgIpc) is 3.33. The van der Waals surface area contributed by atoms with Crippen LogP contribution in [0.5, 0.6) is 5.75 Å². The van der Waals surface area contributed by atoms with Gasteiger partial charge >= 0.3 is 7.82 Å². The summed E-state index contributed by atoms with van der Waals surface area (Å²) in [7, 11) is 1.70. The molecule has 4 rings (SSSR count). The van der Waals surface area contributed by atoms with E-state index in [-0.39, 0.29) is 41.1 Å². The number of rotatable bonds is 3. The highest BCUT2D eigenvalue weighted by Crippen LogP contribution is 2.57. The standard InChI is InChI=1S/C16H24FO5P.C9H11BN2O2S.2C2H6/c1-15(2,3)11-7-12(16(4,5)6)14-10(13(11)17)8-20-23(19,22-14)21-9-18;1-5-4-12(9(15)11-8(5)13)7-3-2-6(10)14-7;2*1-2/h7,18H,8-9H2,1-6H3;4,6-7H,2-3H2,1H3,(H,11,13,15);2*1-2H3/t;6-,7?;;/m.0../s1. The number of aromatic nitrogens is 2. The van der Waals surface area contributed by atoms with Gasteiger partial charge in [0.15, 0.2) is 11.6 Å². The summed E-state index contributed by atoms with van der Waals surface area (Å²) < 4.78 is 50.0. The largest absolute Gasteiger partial charge is 0.532 e. The van der Waals surface area contributed by atoms with E-state index in [4.69, 9.17) is 39.0 Å². The summed E-state index contributed by atoms with van der Waals surface area (Å²) in [5.74, 6) is -0.234. The number of benzene rings is 1. The van der Waals surface area contributed by atoms with Crippen LogP contribution in [0.25, 0.3) is 0 Å². The number of fused-ring (bicyclic) bond motifs is 1. The Morgan fingerprint density at radius 2 is 1.71 bits per heavy atom. The van der Waals surface area contributed by atoms with Gasteiger partial charge in [-0.3, -0.25) is 18.9 Å². The maximum Gasteiger partial charge on any atom is 0.532 e. The van der Waals surface area contributed by atoms with Crippen molar-refractivity contribution in [2.24, 2.45) is 0 Å². The summed E-state index contributed by atoms with van der Waals surface area (Å²) >= 11 is 5.06. The number of phosphoric ester groups is 1. The Hall–Kier alpha value is -1.82. The fourth-order valence-electron chi connectivity index (χ4n) is 4.10. The van der Waals surface area contributed by atoms with Crippen LogP contribution in [0.3, 0.4) is 0 Å². The number of halogens is 1. The lowest BCUT2D eigenvalue weighted by atomic mass is 9.78. The second kappa shape index (κ2) is 15.8. The molecule has 1 aromatic heterocycles. The van der Waals surface area contributed by atoms with E-state index in [2.05, 4.69) is 9.51 Å². The molecule has 0 bridgehead atoms. The lowest BCUT2D eigenvalue weighted by molar-refractivity contribution is 0.0352. The van der Waals surface area contributed by atoms with Crippen molar-refractivity contribution in [2.45, 2.75) is 119 Å².